The first-order valence-electron chi connectivity index (χ1n) is 6.03. The SMILES string of the molecule is NC1(c2c(Cl)ccc3cccnc23)CCCC1. The molecule has 17 heavy (non-hydrogen) atoms. The molecule has 0 amide bonds. The fourth-order valence-corrected chi connectivity index (χ4v) is 3.19. The van der Waals surface area contributed by atoms with Crippen LogP contribution >= 0.6 is 11.6 Å². The average Bonchev–Trinajstić information content (AvgIpc) is 2.76. The van der Waals surface area contributed by atoms with E-state index in [1.807, 2.05) is 18.2 Å². The summed E-state index contributed by atoms with van der Waals surface area (Å²) < 4.78 is 0. The Bertz CT molecular complexity index is 559. The Morgan fingerprint density at radius 3 is 2.71 bits per heavy atom. The molecule has 0 saturated heterocycles. The highest BCUT2D eigenvalue weighted by Crippen LogP contribution is 2.42. The zero-order chi connectivity index (χ0) is 11.9. The minimum atomic E-state index is -0.287. The number of nitrogens with two attached hydrogens (primary N) is 1. The van der Waals surface area contributed by atoms with E-state index in [1.54, 1.807) is 6.20 Å². The van der Waals surface area contributed by atoms with E-state index in [0.717, 1.165) is 34.3 Å². The van der Waals surface area contributed by atoms with E-state index in [2.05, 4.69) is 11.1 Å². The van der Waals surface area contributed by atoms with Crippen molar-refractivity contribution in [3.05, 3.63) is 41.0 Å². The predicted octanol–water partition coefficient (Wildman–Crippen LogP) is 3.62. The summed E-state index contributed by atoms with van der Waals surface area (Å²) in [6, 6.07) is 7.94. The van der Waals surface area contributed by atoms with E-state index in [1.165, 1.54) is 12.8 Å². The topological polar surface area (TPSA) is 38.9 Å². The van der Waals surface area contributed by atoms with Crippen molar-refractivity contribution in [1.82, 2.24) is 4.98 Å². The van der Waals surface area contributed by atoms with Crippen LogP contribution in [0.1, 0.15) is 31.2 Å². The largest absolute Gasteiger partial charge is 0.321 e. The summed E-state index contributed by atoms with van der Waals surface area (Å²) in [4.78, 5) is 4.47. The van der Waals surface area contributed by atoms with Crippen LogP contribution in [0.2, 0.25) is 5.02 Å². The molecular formula is C14H15ClN2. The molecule has 1 heterocycles. The third-order valence-electron chi connectivity index (χ3n) is 3.72. The summed E-state index contributed by atoms with van der Waals surface area (Å²) in [5.74, 6) is 0. The predicted molar refractivity (Wildman–Crippen MR) is 71.1 cm³/mol. The van der Waals surface area contributed by atoms with Crippen LogP contribution in [0, 0.1) is 0 Å². The van der Waals surface area contributed by atoms with Crippen LogP contribution in [-0.4, -0.2) is 4.98 Å². The quantitative estimate of drug-likeness (QED) is 0.835. The second-order valence-electron chi connectivity index (χ2n) is 4.86. The number of hydrogen-bond donors (Lipinski definition) is 1. The van der Waals surface area contributed by atoms with Crippen LogP contribution in [-0.2, 0) is 5.54 Å². The molecule has 1 aliphatic rings. The number of pyridine rings is 1. The minimum Gasteiger partial charge on any atom is -0.321 e. The third kappa shape index (κ3) is 1.72. The van der Waals surface area contributed by atoms with Gasteiger partial charge in [-0.25, -0.2) is 0 Å². The molecule has 0 radical (unpaired) electrons. The van der Waals surface area contributed by atoms with Gasteiger partial charge in [0, 0.05) is 27.7 Å². The molecule has 3 heteroatoms. The first kappa shape index (κ1) is 11.0. The third-order valence-corrected chi connectivity index (χ3v) is 4.03. The van der Waals surface area contributed by atoms with Crippen molar-refractivity contribution in [3.63, 3.8) is 0 Å². The van der Waals surface area contributed by atoms with E-state index in [0.29, 0.717) is 0 Å². The monoisotopic (exact) mass is 246 g/mol. The molecule has 1 aromatic heterocycles. The van der Waals surface area contributed by atoms with Crippen molar-refractivity contribution in [2.24, 2.45) is 5.73 Å². The van der Waals surface area contributed by atoms with Gasteiger partial charge in [-0.2, -0.15) is 0 Å². The molecular weight excluding hydrogens is 232 g/mol. The Balaban J connectivity index is 2.30. The molecule has 0 aliphatic heterocycles. The first-order valence-corrected chi connectivity index (χ1v) is 6.41. The Hall–Kier alpha value is -1.12. The van der Waals surface area contributed by atoms with Crippen molar-refractivity contribution >= 4 is 22.5 Å². The number of nitrogens with zero attached hydrogens (tertiary/aromatic N) is 1. The molecule has 1 aromatic carbocycles. The van der Waals surface area contributed by atoms with Crippen molar-refractivity contribution in [2.75, 3.05) is 0 Å². The van der Waals surface area contributed by atoms with Gasteiger partial charge in [-0.1, -0.05) is 36.6 Å². The highest BCUT2D eigenvalue weighted by atomic mass is 35.5. The average molecular weight is 247 g/mol. The number of halogens is 1. The molecule has 3 rings (SSSR count). The maximum absolute atomic E-state index is 6.52. The van der Waals surface area contributed by atoms with Crippen LogP contribution in [0.3, 0.4) is 0 Å². The second-order valence-corrected chi connectivity index (χ2v) is 5.27. The number of fused-ring (bicyclic) bond motifs is 1. The lowest BCUT2D eigenvalue weighted by Crippen LogP contribution is -2.33. The Kier molecular flexibility index (Phi) is 2.57. The van der Waals surface area contributed by atoms with Gasteiger partial charge in [0.05, 0.1) is 5.52 Å². The lowest BCUT2D eigenvalue weighted by molar-refractivity contribution is 0.465. The van der Waals surface area contributed by atoms with Crippen LogP contribution < -0.4 is 5.73 Å². The van der Waals surface area contributed by atoms with E-state index < -0.39 is 0 Å². The standard InChI is InChI=1S/C14H15ClN2/c15-11-6-5-10-4-3-9-17-13(10)12(11)14(16)7-1-2-8-14/h3-6,9H,1-2,7-8,16H2. The zero-order valence-electron chi connectivity index (χ0n) is 9.62. The molecule has 1 saturated carbocycles. The van der Waals surface area contributed by atoms with Crippen LogP contribution in [0.25, 0.3) is 10.9 Å². The van der Waals surface area contributed by atoms with Gasteiger partial charge in [-0.3, -0.25) is 4.98 Å². The van der Waals surface area contributed by atoms with Gasteiger partial charge in [-0.05, 0) is 25.0 Å². The van der Waals surface area contributed by atoms with E-state index >= 15 is 0 Å². The molecule has 88 valence electrons. The summed E-state index contributed by atoms with van der Waals surface area (Å²) in [5.41, 5.74) is 8.24. The zero-order valence-corrected chi connectivity index (χ0v) is 10.4. The number of aromatic nitrogens is 1. The summed E-state index contributed by atoms with van der Waals surface area (Å²) in [7, 11) is 0. The van der Waals surface area contributed by atoms with Crippen molar-refractivity contribution in [2.45, 2.75) is 31.2 Å². The van der Waals surface area contributed by atoms with E-state index in [9.17, 15) is 0 Å². The van der Waals surface area contributed by atoms with E-state index in [-0.39, 0.29) is 5.54 Å². The van der Waals surface area contributed by atoms with Gasteiger partial charge in [0.15, 0.2) is 0 Å². The summed E-state index contributed by atoms with van der Waals surface area (Å²) in [6.07, 6.45) is 6.16. The molecule has 1 aliphatic carbocycles. The van der Waals surface area contributed by atoms with Crippen LogP contribution in [0.15, 0.2) is 30.5 Å². The van der Waals surface area contributed by atoms with Gasteiger partial charge in [0.2, 0.25) is 0 Å². The van der Waals surface area contributed by atoms with Crippen molar-refractivity contribution in [1.29, 1.82) is 0 Å². The molecule has 2 N–H and O–H groups in total. The number of hydrogen-bond acceptors (Lipinski definition) is 2. The molecule has 2 nitrogen and oxygen atoms in total. The molecule has 0 spiro atoms. The molecule has 0 atom stereocenters. The Labute approximate surface area is 106 Å². The minimum absolute atomic E-state index is 0.287. The van der Waals surface area contributed by atoms with Gasteiger partial charge >= 0.3 is 0 Å². The summed E-state index contributed by atoms with van der Waals surface area (Å²) in [5, 5.41) is 1.87. The second kappa shape index (κ2) is 3.97. The highest BCUT2D eigenvalue weighted by molar-refractivity contribution is 6.32. The highest BCUT2D eigenvalue weighted by Gasteiger charge is 2.34. The molecule has 0 unspecified atom stereocenters. The fraction of sp³-hybridized carbons (Fsp3) is 0.357. The lowest BCUT2D eigenvalue weighted by atomic mass is 9.87. The normalized spacial score (nSPS) is 18.7. The summed E-state index contributed by atoms with van der Waals surface area (Å²) >= 11 is 6.35. The van der Waals surface area contributed by atoms with Gasteiger partial charge < -0.3 is 5.73 Å². The van der Waals surface area contributed by atoms with Crippen molar-refractivity contribution in [3.8, 4) is 0 Å². The van der Waals surface area contributed by atoms with E-state index in [4.69, 9.17) is 17.3 Å². The van der Waals surface area contributed by atoms with Crippen molar-refractivity contribution < 1.29 is 0 Å². The number of rotatable bonds is 1. The summed E-state index contributed by atoms with van der Waals surface area (Å²) in [6.45, 7) is 0. The van der Waals surface area contributed by atoms with Crippen LogP contribution in [0.5, 0.6) is 0 Å². The van der Waals surface area contributed by atoms with Gasteiger partial charge in [0.1, 0.15) is 0 Å². The smallest absolute Gasteiger partial charge is 0.0767 e. The van der Waals surface area contributed by atoms with Gasteiger partial charge in [0.25, 0.3) is 0 Å². The molecule has 1 fully saturated rings. The maximum Gasteiger partial charge on any atom is 0.0767 e. The van der Waals surface area contributed by atoms with Gasteiger partial charge in [-0.15, -0.1) is 0 Å². The number of benzene rings is 1. The lowest BCUT2D eigenvalue weighted by Gasteiger charge is -2.26. The molecule has 0 bridgehead atoms. The molecule has 2 aromatic rings. The van der Waals surface area contributed by atoms with Crippen LogP contribution in [0.4, 0.5) is 0 Å². The fourth-order valence-electron chi connectivity index (χ4n) is 2.85. The maximum atomic E-state index is 6.52. The Morgan fingerprint density at radius 1 is 1.18 bits per heavy atom. The Morgan fingerprint density at radius 2 is 1.94 bits per heavy atom. The first-order chi connectivity index (χ1) is 8.21.